The Bertz CT molecular complexity index is 219. The quantitative estimate of drug-likeness (QED) is 0.640. The third-order valence-corrected chi connectivity index (χ3v) is 3.27. The summed E-state index contributed by atoms with van der Waals surface area (Å²) >= 11 is 0. The Hall–Kier alpha value is -0.610. The van der Waals surface area contributed by atoms with Gasteiger partial charge in [-0.2, -0.15) is 0 Å². The molecule has 0 bridgehead atoms. The topological polar surface area (TPSA) is 75.4 Å². The van der Waals surface area contributed by atoms with Crippen molar-refractivity contribution in [2.24, 2.45) is 16.6 Å². The van der Waals surface area contributed by atoms with E-state index in [1.54, 1.807) is 0 Å². The second-order valence-electron chi connectivity index (χ2n) is 5.64. The van der Waals surface area contributed by atoms with E-state index < -0.39 is 6.04 Å². The number of amides is 1. The number of aliphatic hydroxyl groups excluding tert-OH is 1. The van der Waals surface area contributed by atoms with E-state index in [2.05, 4.69) is 39.9 Å². The van der Waals surface area contributed by atoms with Crippen LogP contribution in [-0.2, 0) is 4.79 Å². The van der Waals surface area contributed by atoms with Crippen LogP contribution in [0.5, 0.6) is 0 Å². The van der Waals surface area contributed by atoms with Gasteiger partial charge >= 0.3 is 0 Å². The summed E-state index contributed by atoms with van der Waals surface area (Å²) < 4.78 is 0. The van der Waals surface area contributed by atoms with Gasteiger partial charge in [0.2, 0.25) is 5.91 Å². The van der Waals surface area contributed by atoms with E-state index in [9.17, 15) is 4.79 Å². The van der Waals surface area contributed by atoms with E-state index in [-0.39, 0.29) is 23.3 Å². The summed E-state index contributed by atoms with van der Waals surface area (Å²) in [5.74, 6) is -0.296. The van der Waals surface area contributed by atoms with Crippen molar-refractivity contribution in [3.05, 3.63) is 0 Å². The second-order valence-corrected chi connectivity index (χ2v) is 5.64. The fourth-order valence-corrected chi connectivity index (χ4v) is 0.787. The molecule has 0 aliphatic heterocycles. The lowest BCUT2D eigenvalue weighted by atomic mass is 9.69. The maximum atomic E-state index is 11.4. The molecule has 0 aromatic rings. The van der Waals surface area contributed by atoms with Crippen molar-refractivity contribution in [2.45, 2.75) is 40.7 Å². The van der Waals surface area contributed by atoms with Crippen molar-refractivity contribution in [1.82, 2.24) is 5.32 Å². The Balaban J connectivity index is 4.22. The highest BCUT2D eigenvalue weighted by Crippen LogP contribution is 2.36. The monoisotopic (exact) mass is 216 g/mol. The molecule has 1 unspecified atom stereocenters. The number of aliphatic hydroxyl groups is 1. The third kappa shape index (κ3) is 4.18. The highest BCUT2D eigenvalue weighted by molar-refractivity contribution is 5.81. The summed E-state index contributed by atoms with van der Waals surface area (Å²) in [5.41, 5.74) is 5.48. The molecule has 4 nitrogen and oxygen atoms in total. The molecule has 4 N–H and O–H groups in total. The molecule has 4 heteroatoms. The largest absolute Gasteiger partial charge is 0.394 e. The summed E-state index contributed by atoms with van der Waals surface area (Å²) in [7, 11) is 0. The van der Waals surface area contributed by atoms with Crippen LogP contribution in [0, 0.1) is 10.8 Å². The first-order chi connectivity index (χ1) is 6.62. The van der Waals surface area contributed by atoms with Crippen LogP contribution in [0.4, 0.5) is 0 Å². The molecule has 15 heavy (non-hydrogen) atoms. The van der Waals surface area contributed by atoms with E-state index in [1.807, 2.05) is 0 Å². The number of hydrogen-bond donors (Lipinski definition) is 3. The zero-order valence-corrected chi connectivity index (χ0v) is 10.4. The fraction of sp³-hybridized carbons (Fsp3) is 0.909. The Morgan fingerprint density at radius 3 is 2.13 bits per heavy atom. The molecular weight excluding hydrogens is 192 g/mol. The Morgan fingerprint density at radius 1 is 1.33 bits per heavy atom. The molecule has 0 heterocycles. The van der Waals surface area contributed by atoms with Gasteiger partial charge in [-0.05, 0) is 10.8 Å². The van der Waals surface area contributed by atoms with Crippen molar-refractivity contribution in [2.75, 3.05) is 13.2 Å². The minimum Gasteiger partial charge on any atom is -0.394 e. The molecule has 0 rings (SSSR count). The lowest BCUT2D eigenvalue weighted by Gasteiger charge is -2.39. The molecule has 0 spiro atoms. The smallest absolute Gasteiger partial charge is 0.239 e. The molecule has 0 saturated carbocycles. The summed E-state index contributed by atoms with van der Waals surface area (Å²) in [6.45, 7) is 10.8. The van der Waals surface area contributed by atoms with Gasteiger partial charge in [-0.25, -0.2) is 0 Å². The van der Waals surface area contributed by atoms with Crippen molar-refractivity contribution >= 4 is 5.91 Å². The van der Waals surface area contributed by atoms with E-state index in [0.29, 0.717) is 6.54 Å². The highest BCUT2D eigenvalue weighted by Gasteiger charge is 2.33. The number of hydrogen-bond acceptors (Lipinski definition) is 3. The van der Waals surface area contributed by atoms with Gasteiger partial charge in [-0.1, -0.05) is 34.6 Å². The van der Waals surface area contributed by atoms with Crippen LogP contribution in [0.1, 0.15) is 34.6 Å². The van der Waals surface area contributed by atoms with Gasteiger partial charge in [0.25, 0.3) is 0 Å². The van der Waals surface area contributed by atoms with Crippen LogP contribution >= 0.6 is 0 Å². The molecule has 0 fully saturated rings. The average Bonchev–Trinajstić information content (AvgIpc) is 2.11. The molecule has 0 radical (unpaired) electrons. The Kier molecular flexibility index (Phi) is 4.74. The number of nitrogens with two attached hydrogens (primary N) is 1. The van der Waals surface area contributed by atoms with Crippen LogP contribution in [0.2, 0.25) is 0 Å². The minimum atomic E-state index is -0.819. The summed E-state index contributed by atoms with van der Waals surface area (Å²) in [5, 5.41) is 11.5. The maximum absolute atomic E-state index is 11.4. The van der Waals surface area contributed by atoms with E-state index in [4.69, 9.17) is 10.8 Å². The number of rotatable bonds is 4. The Morgan fingerprint density at radius 2 is 1.80 bits per heavy atom. The zero-order chi connectivity index (χ0) is 12.3. The minimum absolute atomic E-state index is 0.0160. The first-order valence-corrected chi connectivity index (χ1v) is 5.26. The third-order valence-electron chi connectivity index (χ3n) is 3.27. The summed E-state index contributed by atoms with van der Waals surface area (Å²) in [6, 6.07) is -0.819. The molecule has 1 amide bonds. The first kappa shape index (κ1) is 14.4. The van der Waals surface area contributed by atoms with Gasteiger partial charge < -0.3 is 16.2 Å². The van der Waals surface area contributed by atoms with Crippen molar-refractivity contribution in [1.29, 1.82) is 0 Å². The predicted octanol–water partition coefficient (Wildman–Crippen LogP) is 0.495. The molecule has 0 aromatic heterocycles. The van der Waals surface area contributed by atoms with Gasteiger partial charge in [-0.15, -0.1) is 0 Å². The second kappa shape index (κ2) is 4.94. The molecule has 0 aliphatic rings. The van der Waals surface area contributed by atoms with Crippen LogP contribution < -0.4 is 11.1 Å². The number of nitrogens with one attached hydrogen (secondary N) is 1. The van der Waals surface area contributed by atoms with Crippen molar-refractivity contribution < 1.29 is 9.90 Å². The molecule has 90 valence electrons. The molecule has 0 aromatic carbocycles. The lowest BCUT2D eigenvalue weighted by Crippen LogP contribution is -2.48. The SMILES string of the molecule is CC(C)(C)C(C)(C)CNC(=O)C(N)CO. The average molecular weight is 216 g/mol. The van der Waals surface area contributed by atoms with E-state index >= 15 is 0 Å². The molecule has 1 atom stereocenters. The van der Waals surface area contributed by atoms with Crippen LogP contribution in [0.3, 0.4) is 0 Å². The normalized spacial score (nSPS) is 14.9. The van der Waals surface area contributed by atoms with Gasteiger partial charge in [0, 0.05) is 6.54 Å². The maximum Gasteiger partial charge on any atom is 0.239 e. The summed E-state index contributed by atoms with van der Waals surface area (Å²) in [6.07, 6.45) is 0. The van der Waals surface area contributed by atoms with Crippen LogP contribution in [0.15, 0.2) is 0 Å². The lowest BCUT2D eigenvalue weighted by molar-refractivity contribution is -0.123. The van der Waals surface area contributed by atoms with Crippen molar-refractivity contribution in [3.63, 3.8) is 0 Å². The molecule has 0 aliphatic carbocycles. The molecule has 0 saturated heterocycles. The predicted molar refractivity (Wildman–Crippen MR) is 61.3 cm³/mol. The Labute approximate surface area is 92.2 Å². The van der Waals surface area contributed by atoms with E-state index in [1.165, 1.54) is 0 Å². The molecular formula is C11H24N2O2. The van der Waals surface area contributed by atoms with Gasteiger partial charge in [0.05, 0.1) is 6.61 Å². The van der Waals surface area contributed by atoms with Crippen LogP contribution in [0.25, 0.3) is 0 Å². The van der Waals surface area contributed by atoms with Crippen LogP contribution in [-0.4, -0.2) is 30.2 Å². The fourth-order valence-electron chi connectivity index (χ4n) is 0.787. The van der Waals surface area contributed by atoms with Gasteiger partial charge in [-0.3, -0.25) is 4.79 Å². The van der Waals surface area contributed by atoms with Crippen molar-refractivity contribution in [3.8, 4) is 0 Å². The van der Waals surface area contributed by atoms with Gasteiger partial charge in [0.15, 0.2) is 0 Å². The first-order valence-electron chi connectivity index (χ1n) is 5.26. The highest BCUT2D eigenvalue weighted by atomic mass is 16.3. The summed E-state index contributed by atoms with van der Waals surface area (Å²) in [4.78, 5) is 11.4. The van der Waals surface area contributed by atoms with Gasteiger partial charge in [0.1, 0.15) is 6.04 Å². The zero-order valence-electron chi connectivity index (χ0n) is 10.4. The standard InChI is InChI=1S/C11H24N2O2/c1-10(2,3)11(4,5)7-13-9(15)8(12)6-14/h8,14H,6-7,12H2,1-5H3,(H,13,15). The number of carbonyl (C=O) groups excluding carboxylic acids is 1. The number of carbonyl (C=O) groups is 1. The van der Waals surface area contributed by atoms with E-state index in [0.717, 1.165) is 0 Å².